The van der Waals surface area contributed by atoms with E-state index in [0.29, 0.717) is 10.4 Å². The van der Waals surface area contributed by atoms with Crippen LogP contribution in [0.4, 0.5) is 0 Å². The lowest BCUT2D eigenvalue weighted by atomic mass is 10.1. The Balaban J connectivity index is 1.91. The van der Waals surface area contributed by atoms with Crippen LogP contribution in [0.5, 0.6) is 0 Å². The summed E-state index contributed by atoms with van der Waals surface area (Å²) < 4.78 is 4.55. The van der Waals surface area contributed by atoms with Gasteiger partial charge in [0.2, 0.25) is 0 Å². The van der Waals surface area contributed by atoms with Gasteiger partial charge >= 0.3 is 0 Å². The first kappa shape index (κ1) is 11.3. The lowest BCUT2D eigenvalue weighted by Crippen LogP contribution is -2.43. The van der Waals surface area contributed by atoms with Crippen LogP contribution in [0.2, 0.25) is 4.34 Å². The first-order chi connectivity index (χ1) is 7.27. The van der Waals surface area contributed by atoms with Crippen LogP contribution in [0.15, 0.2) is 0 Å². The molecule has 1 aliphatic rings. The summed E-state index contributed by atoms with van der Waals surface area (Å²) in [7, 11) is 2.12. The predicted molar refractivity (Wildman–Crippen MR) is 62.3 cm³/mol. The van der Waals surface area contributed by atoms with E-state index in [0.717, 1.165) is 25.3 Å². The zero-order valence-electron chi connectivity index (χ0n) is 8.74. The van der Waals surface area contributed by atoms with Crippen molar-refractivity contribution in [3.8, 4) is 0 Å². The van der Waals surface area contributed by atoms with E-state index >= 15 is 0 Å². The highest BCUT2D eigenvalue weighted by Gasteiger charge is 2.19. The monoisotopic (exact) mass is 246 g/mol. The molecule has 0 bridgehead atoms. The van der Waals surface area contributed by atoms with E-state index < -0.39 is 0 Å². The van der Waals surface area contributed by atoms with Crippen LogP contribution >= 0.6 is 23.1 Å². The minimum Gasteiger partial charge on any atom is -0.315 e. The molecule has 2 heterocycles. The SMILES string of the molecule is CN(Cc1nnsc1Cl)C1CCCNC1. The number of hydrogen-bond donors (Lipinski definition) is 1. The molecule has 0 aliphatic carbocycles. The Labute approximate surface area is 98.8 Å². The number of rotatable bonds is 3. The average Bonchev–Trinajstić information content (AvgIpc) is 2.66. The van der Waals surface area contributed by atoms with E-state index in [1.54, 1.807) is 0 Å². The van der Waals surface area contributed by atoms with Crippen LogP contribution in [0, 0.1) is 0 Å². The molecule has 6 heteroatoms. The topological polar surface area (TPSA) is 41.1 Å². The van der Waals surface area contributed by atoms with Gasteiger partial charge in [-0.2, -0.15) is 0 Å². The van der Waals surface area contributed by atoms with Crippen molar-refractivity contribution in [1.82, 2.24) is 19.8 Å². The maximum atomic E-state index is 5.97. The van der Waals surface area contributed by atoms with Gasteiger partial charge in [-0.3, -0.25) is 4.90 Å². The molecule has 1 aromatic rings. The summed E-state index contributed by atoms with van der Waals surface area (Å²) in [5, 5.41) is 7.43. The number of piperidine rings is 1. The molecule has 1 aromatic heterocycles. The Hall–Kier alpha value is -0.230. The van der Waals surface area contributed by atoms with Gasteiger partial charge in [-0.1, -0.05) is 16.1 Å². The first-order valence-corrected chi connectivity index (χ1v) is 6.30. The highest BCUT2D eigenvalue weighted by molar-refractivity contribution is 7.10. The Kier molecular flexibility index (Phi) is 3.91. The third-order valence-electron chi connectivity index (χ3n) is 2.80. The summed E-state index contributed by atoms with van der Waals surface area (Å²) in [4.78, 5) is 2.30. The lowest BCUT2D eigenvalue weighted by molar-refractivity contribution is 0.194. The largest absolute Gasteiger partial charge is 0.315 e. The van der Waals surface area contributed by atoms with Crippen molar-refractivity contribution in [3.63, 3.8) is 0 Å². The number of likely N-dealkylation sites (N-methyl/N-ethyl adjacent to an activating group) is 1. The van der Waals surface area contributed by atoms with Gasteiger partial charge in [-0.25, -0.2) is 0 Å². The van der Waals surface area contributed by atoms with Gasteiger partial charge in [0.1, 0.15) is 10.0 Å². The number of aromatic nitrogens is 2. The minimum absolute atomic E-state index is 0.594. The van der Waals surface area contributed by atoms with Crippen LogP contribution in [-0.4, -0.2) is 40.7 Å². The fraction of sp³-hybridized carbons (Fsp3) is 0.778. The number of halogens is 1. The molecule has 1 fully saturated rings. The molecule has 0 spiro atoms. The van der Waals surface area contributed by atoms with Crippen LogP contribution in [0.25, 0.3) is 0 Å². The van der Waals surface area contributed by atoms with Crippen molar-refractivity contribution >= 4 is 23.1 Å². The third-order valence-corrected chi connectivity index (χ3v) is 3.79. The van der Waals surface area contributed by atoms with Gasteiger partial charge < -0.3 is 5.32 Å². The highest BCUT2D eigenvalue weighted by atomic mass is 35.5. The second-order valence-corrected chi connectivity index (χ2v) is 5.26. The van der Waals surface area contributed by atoms with Gasteiger partial charge in [0.15, 0.2) is 0 Å². The summed E-state index contributed by atoms with van der Waals surface area (Å²) in [6.07, 6.45) is 2.50. The molecule has 2 rings (SSSR count). The number of hydrogen-bond acceptors (Lipinski definition) is 5. The molecule has 1 N–H and O–H groups in total. The molecule has 1 saturated heterocycles. The van der Waals surface area contributed by atoms with Crippen molar-refractivity contribution in [2.45, 2.75) is 25.4 Å². The molecule has 4 nitrogen and oxygen atoms in total. The van der Waals surface area contributed by atoms with Gasteiger partial charge in [-0.15, -0.1) is 5.10 Å². The molecule has 1 unspecified atom stereocenters. The molecular formula is C9H15ClN4S. The molecule has 15 heavy (non-hydrogen) atoms. The predicted octanol–water partition coefficient (Wildman–Crippen LogP) is 1.38. The Morgan fingerprint density at radius 2 is 2.53 bits per heavy atom. The summed E-state index contributed by atoms with van der Waals surface area (Å²) >= 11 is 7.23. The lowest BCUT2D eigenvalue weighted by Gasteiger charge is -2.31. The highest BCUT2D eigenvalue weighted by Crippen LogP contribution is 2.20. The Morgan fingerprint density at radius 3 is 3.13 bits per heavy atom. The molecular weight excluding hydrogens is 232 g/mol. The van der Waals surface area contributed by atoms with Crippen LogP contribution in [-0.2, 0) is 6.54 Å². The van der Waals surface area contributed by atoms with Crippen LogP contribution < -0.4 is 5.32 Å². The first-order valence-electron chi connectivity index (χ1n) is 5.15. The second-order valence-electron chi connectivity index (χ2n) is 3.91. The van der Waals surface area contributed by atoms with Crippen LogP contribution in [0.1, 0.15) is 18.5 Å². The summed E-state index contributed by atoms with van der Waals surface area (Å²) in [5.74, 6) is 0. The average molecular weight is 247 g/mol. The maximum Gasteiger partial charge on any atom is 0.138 e. The minimum atomic E-state index is 0.594. The summed E-state index contributed by atoms with van der Waals surface area (Å²) in [6.45, 7) is 3.00. The molecule has 1 aliphatic heterocycles. The fourth-order valence-electron chi connectivity index (χ4n) is 1.87. The molecule has 84 valence electrons. The Bertz CT molecular complexity index is 311. The molecule has 0 amide bonds. The normalized spacial score (nSPS) is 22.2. The standard InChI is InChI=1S/C9H15ClN4S/c1-14(7-3-2-4-11-5-7)6-8-9(10)15-13-12-8/h7,11H,2-6H2,1H3. The smallest absolute Gasteiger partial charge is 0.138 e. The van der Waals surface area contributed by atoms with Gasteiger partial charge in [0.05, 0.1) is 0 Å². The summed E-state index contributed by atoms with van der Waals surface area (Å²) in [6, 6.07) is 0.594. The van der Waals surface area contributed by atoms with Gasteiger partial charge in [-0.05, 0) is 26.4 Å². The van der Waals surface area contributed by atoms with E-state index in [-0.39, 0.29) is 0 Å². The fourth-order valence-corrected chi connectivity index (χ4v) is 2.48. The van der Waals surface area contributed by atoms with Crippen molar-refractivity contribution < 1.29 is 0 Å². The molecule has 0 saturated carbocycles. The van der Waals surface area contributed by atoms with E-state index in [9.17, 15) is 0 Å². The zero-order chi connectivity index (χ0) is 10.7. The van der Waals surface area contributed by atoms with Crippen molar-refractivity contribution in [2.75, 3.05) is 20.1 Å². The molecule has 0 radical (unpaired) electrons. The van der Waals surface area contributed by atoms with E-state index in [2.05, 4.69) is 26.9 Å². The van der Waals surface area contributed by atoms with Crippen LogP contribution in [0.3, 0.4) is 0 Å². The van der Waals surface area contributed by atoms with E-state index in [1.165, 1.54) is 24.4 Å². The van der Waals surface area contributed by atoms with Crippen molar-refractivity contribution in [2.24, 2.45) is 0 Å². The summed E-state index contributed by atoms with van der Waals surface area (Å²) in [5.41, 5.74) is 0.898. The zero-order valence-corrected chi connectivity index (χ0v) is 10.3. The van der Waals surface area contributed by atoms with Gasteiger partial charge in [0.25, 0.3) is 0 Å². The maximum absolute atomic E-state index is 5.97. The van der Waals surface area contributed by atoms with E-state index in [1.807, 2.05) is 0 Å². The van der Waals surface area contributed by atoms with E-state index in [4.69, 9.17) is 11.6 Å². The van der Waals surface area contributed by atoms with Crippen molar-refractivity contribution in [3.05, 3.63) is 10.0 Å². The number of nitrogens with zero attached hydrogens (tertiary/aromatic N) is 3. The Morgan fingerprint density at radius 1 is 1.67 bits per heavy atom. The molecule has 0 aromatic carbocycles. The second kappa shape index (κ2) is 5.21. The molecule has 1 atom stereocenters. The third kappa shape index (κ3) is 2.87. The quantitative estimate of drug-likeness (QED) is 0.875. The number of nitrogens with one attached hydrogen (secondary N) is 1. The van der Waals surface area contributed by atoms with Crippen molar-refractivity contribution in [1.29, 1.82) is 0 Å². The van der Waals surface area contributed by atoms with Gasteiger partial charge in [0, 0.05) is 30.7 Å².